The number of carbonyl (C=O) groups is 1. The molecule has 114 valence electrons. The molecule has 0 aliphatic heterocycles. The third-order valence-electron chi connectivity index (χ3n) is 4.08. The Kier molecular flexibility index (Phi) is 3.84. The number of rotatable bonds is 5. The molecule has 0 radical (unpaired) electrons. The van der Waals surface area contributed by atoms with Gasteiger partial charge in [-0.3, -0.25) is 4.79 Å². The highest BCUT2D eigenvalue weighted by Gasteiger charge is 2.45. The van der Waals surface area contributed by atoms with E-state index in [-0.39, 0.29) is 23.7 Å². The summed E-state index contributed by atoms with van der Waals surface area (Å²) >= 11 is 0. The molecule has 0 bridgehead atoms. The maximum absolute atomic E-state index is 13.6. The number of halogens is 1. The summed E-state index contributed by atoms with van der Waals surface area (Å²) in [6.45, 7) is 0. The first-order valence-corrected chi connectivity index (χ1v) is 7.32. The highest BCUT2D eigenvalue weighted by Crippen LogP contribution is 2.45. The molecule has 1 saturated carbocycles. The molecule has 0 heterocycles. The van der Waals surface area contributed by atoms with E-state index in [1.54, 1.807) is 25.3 Å². The number of methoxy groups -OCH3 is 1. The summed E-state index contributed by atoms with van der Waals surface area (Å²) in [6.07, 6.45) is 1.87. The Bertz CT molecular complexity index is 678. The van der Waals surface area contributed by atoms with Crippen LogP contribution in [0, 0.1) is 5.82 Å². The van der Waals surface area contributed by atoms with Gasteiger partial charge in [-0.15, -0.1) is 0 Å². The van der Waals surface area contributed by atoms with Crippen LogP contribution in [0.3, 0.4) is 0 Å². The summed E-state index contributed by atoms with van der Waals surface area (Å²) in [5.74, 6) is 0.294. The molecule has 0 aromatic heterocycles. The average molecular weight is 299 g/mol. The zero-order valence-corrected chi connectivity index (χ0v) is 12.4. The van der Waals surface area contributed by atoms with E-state index in [1.807, 2.05) is 24.3 Å². The van der Waals surface area contributed by atoms with E-state index in [2.05, 4.69) is 5.32 Å². The topological polar surface area (TPSA) is 38.3 Å². The first kappa shape index (κ1) is 14.6. The smallest absolute Gasteiger partial charge is 0.225 e. The van der Waals surface area contributed by atoms with Gasteiger partial charge in [-0.1, -0.05) is 30.3 Å². The Labute approximate surface area is 129 Å². The molecule has 0 spiro atoms. The molecule has 3 rings (SSSR count). The van der Waals surface area contributed by atoms with Crippen LogP contribution in [0.15, 0.2) is 48.5 Å². The Balaban J connectivity index is 1.69. The van der Waals surface area contributed by atoms with Gasteiger partial charge in [0.2, 0.25) is 5.91 Å². The third-order valence-corrected chi connectivity index (χ3v) is 4.08. The fourth-order valence-corrected chi connectivity index (χ4v) is 2.65. The molecule has 2 aromatic rings. The third kappa shape index (κ3) is 2.96. The first-order valence-electron chi connectivity index (χ1n) is 7.32. The average Bonchev–Trinajstić information content (AvgIpc) is 3.30. The minimum absolute atomic E-state index is 0.0601. The Morgan fingerprint density at radius 3 is 2.45 bits per heavy atom. The summed E-state index contributed by atoms with van der Waals surface area (Å²) < 4.78 is 18.8. The number of ether oxygens (including phenoxy) is 1. The van der Waals surface area contributed by atoms with Crippen molar-refractivity contribution in [1.82, 2.24) is 5.32 Å². The summed E-state index contributed by atoms with van der Waals surface area (Å²) in [6, 6.07) is 14.1. The van der Waals surface area contributed by atoms with Crippen LogP contribution in [0.4, 0.5) is 4.39 Å². The molecule has 1 fully saturated rings. The van der Waals surface area contributed by atoms with Crippen molar-refractivity contribution in [1.29, 1.82) is 0 Å². The molecule has 0 atom stereocenters. The van der Waals surface area contributed by atoms with Gasteiger partial charge in [0.15, 0.2) is 0 Å². The van der Waals surface area contributed by atoms with Crippen LogP contribution in [-0.2, 0) is 16.8 Å². The molecule has 22 heavy (non-hydrogen) atoms. The van der Waals surface area contributed by atoms with Crippen molar-refractivity contribution in [2.75, 3.05) is 7.11 Å². The molecule has 4 heteroatoms. The molecule has 0 saturated heterocycles. The number of benzene rings is 2. The SMILES string of the molecule is COc1ccc(C2(NC(=O)Cc3ccccc3F)CC2)cc1. The quantitative estimate of drug-likeness (QED) is 0.921. The van der Waals surface area contributed by atoms with Gasteiger partial charge in [-0.25, -0.2) is 4.39 Å². The standard InChI is InChI=1S/C18H18FNO2/c1-22-15-8-6-14(7-9-15)18(10-11-18)20-17(21)12-13-4-2-3-5-16(13)19/h2-9H,10-12H2,1H3,(H,20,21). The second-order valence-electron chi connectivity index (χ2n) is 5.63. The second-order valence-corrected chi connectivity index (χ2v) is 5.63. The van der Waals surface area contributed by atoms with Crippen LogP contribution in [0.25, 0.3) is 0 Å². The number of carbonyl (C=O) groups excluding carboxylic acids is 1. The minimum Gasteiger partial charge on any atom is -0.497 e. The van der Waals surface area contributed by atoms with E-state index in [0.717, 1.165) is 24.2 Å². The predicted octanol–water partition coefficient (Wildman–Crippen LogP) is 3.18. The van der Waals surface area contributed by atoms with E-state index in [4.69, 9.17) is 4.74 Å². The van der Waals surface area contributed by atoms with Crippen molar-refractivity contribution in [2.45, 2.75) is 24.8 Å². The van der Waals surface area contributed by atoms with Gasteiger partial charge in [-0.2, -0.15) is 0 Å². The highest BCUT2D eigenvalue weighted by atomic mass is 19.1. The van der Waals surface area contributed by atoms with Gasteiger partial charge < -0.3 is 10.1 Å². The molecule has 1 N–H and O–H groups in total. The summed E-state index contributed by atoms with van der Waals surface area (Å²) in [5, 5.41) is 3.05. The maximum atomic E-state index is 13.6. The van der Waals surface area contributed by atoms with E-state index in [9.17, 15) is 9.18 Å². The molecule has 2 aromatic carbocycles. The zero-order chi connectivity index (χ0) is 15.6. The summed E-state index contributed by atoms with van der Waals surface area (Å²) in [7, 11) is 1.62. The first-order chi connectivity index (χ1) is 10.6. The number of amides is 1. The Morgan fingerprint density at radius 2 is 1.86 bits per heavy atom. The van der Waals surface area contributed by atoms with Crippen LogP contribution in [-0.4, -0.2) is 13.0 Å². The van der Waals surface area contributed by atoms with Crippen LogP contribution < -0.4 is 10.1 Å². The van der Waals surface area contributed by atoms with Crippen LogP contribution in [0.2, 0.25) is 0 Å². The van der Waals surface area contributed by atoms with E-state index < -0.39 is 0 Å². The zero-order valence-electron chi connectivity index (χ0n) is 12.4. The van der Waals surface area contributed by atoms with Crippen molar-refractivity contribution < 1.29 is 13.9 Å². The largest absolute Gasteiger partial charge is 0.497 e. The van der Waals surface area contributed by atoms with Gasteiger partial charge >= 0.3 is 0 Å². The van der Waals surface area contributed by atoms with Gasteiger partial charge in [0.1, 0.15) is 11.6 Å². The summed E-state index contributed by atoms with van der Waals surface area (Å²) in [4.78, 5) is 12.2. The lowest BCUT2D eigenvalue weighted by Gasteiger charge is -2.18. The normalized spacial score (nSPS) is 15.2. The van der Waals surface area contributed by atoms with Gasteiger partial charge in [0.05, 0.1) is 19.1 Å². The molecular weight excluding hydrogens is 281 g/mol. The summed E-state index contributed by atoms with van der Waals surface area (Å²) in [5.41, 5.74) is 1.19. The van der Waals surface area contributed by atoms with Crippen molar-refractivity contribution in [3.63, 3.8) is 0 Å². The van der Waals surface area contributed by atoms with Gasteiger partial charge in [-0.05, 0) is 42.2 Å². The Hall–Kier alpha value is -2.36. The van der Waals surface area contributed by atoms with Crippen molar-refractivity contribution in [2.24, 2.45) is 0 Å². The lowest BCUT2D eigenvalue weighted by atomic mass is 10.0. The lowest BCUT2D eigenvalue weighted by molar-refractivity contribution is -0.121. The molecule has 1 amide bonds. The molecular formula is C18H18FNO2. The minimum atomic E-state index is -0.341. The number of nitrogens with one attached hydrogen (secondary N) is 1. The van der Waals surface area contributed by atoms with Crippen LogP contribution in [0.1, 0.15) is 24.0 Å². The molecule has 3 nitrogen and oxygen atoms in total. The fraction of sp³-hybridized carbons (Fsp3) is 0.278. The number of hydrogen-bond acceptors (Lipinski definition) is 2. The van der Waals surface area contributed by atoms with E-state index in [1.165, 1.54) is 6.07 Å². The van der Waals surface area contributed by atoms with Crippen molar-refractivity contribution in [3.8, 4) is 5.75 Å². The van der Waals surface area contributed by atoms with Gasteiger partial charge in [0, 0.05) is 0 Å². The highest BCUT2D eigenvalue weighted by molar-refractivity contribution is 5.80. The predicted molar refractivity (Wildman–Crippen MR) is 82.2 cm³/mol. The molecule has 0 unspecified atom stereocenters. The van der Waals surface area contributed by atoms with E-state index in [0.29, 0.717) is 5.56 Å². The Morgan fingerprint density at radius 1 is 1.18 bits per heavy atom. The fourth-order valence-electron chi connectivity index (χ4n) is 2.65. The van der Waals surface area contributed by atoms with Crippen LogP contribution in [0.5, 0.6) is 5.75 Å². The molecule has 1 aliphatic carbocycles. The van der Waals surface area contributed by atoms with Gasteiger partial charge in [0.25, 0.3) is 0 Å². The monoisotopic (exact) mass is 299 g/mol. The van der Waals surface area contributed by atoms with Crippen LogP contribution >= 0.6 is 0 Å². The maximum Gasteiger partial charge on any atom is 0.225 e. The lowest BCUT2D eigenvalue weighted by Crippen LogP contribution is -2.36. The number of hydrogen-bond donors (Lipinski definition) is 1. The van der Waals surface area contributed by atoms with Crippen molar-refractivity contribution in [3.05, 3.63) is 65.5 Å². The van der Waals surface area contributed by atoms with Crippen molar-refractivity contribution >= 4 is 5.91 Å². The van der Waals surface area contributed by atoms with E-state index >= 15 is 0 Å². The second kappa shape index (κ2) is 5.79. The molecule has 1 aliphatic rings.